The van der Waals surface area contributed by atoms with Crippen LogP contribution in [0.25, 0.3) is 0 Å². The van der Waals surface area contributed by atoms with Gasteiger partial charge in [-0.15, -0.1) is 5.10 Å². The van der Waals surface area contributed by atoms with E-state index in [2.05, 4.69) is 15.2 Å². The van der Waals surface area contributed by atoms with Gasteiger partial charge in [0.1, 0.15) is 6.42 Å². The van der Waals surface area contributed by atoms with Gasteiger partial charge in [-0.05, 0) is 12.8 Å². The molecule has 0 aromatic carbocycles. The minimum atomic E-state index is -0.916. The van der Waals surface area contributed by atoms with E-state index in [9.17, 15) is 4.79 Å². The molecule has 1 fully saturated rings. The highest BCUT2D eigenvalue weighted by molar-refractivity contribution is 5.68. The van der Waals surface area contributed by atoms with Crippen molar-refractivity contribution in [1.82, 2.24) is 15.2 Å². The summed E-state index contributed by atoms with van der Waals surface area (Å²) in [5.74, 6) is -0.152. The number of carboxylic acid groups (broad SMARTS) is 1. The summed E-state index contributed by atoms with van der Waals surface area (Å²) in [6, 6.07) is 0. The molecule has 15 heavy (non-hydrogen) atoms. The van der Waals surface area contributed by atoms with E-state index in [0.29, 0.717) is 11.7 Å². The third kappa shape index (κ3) is 2.49. The number of carboxylic acids is 1. The summed E-state index contributed by atoms with van der Waals surface area (Å²) in [7, 11) is 0. The summed E-state index contributed by atoms with van der Waals surface area (Å²) < 4.78 is 0. The van der Waals surface area contributed by atoms with Gasteiger partial charge in [0.25, 0.3) is 0 Å². The maximum Gasteiger partial charge on any atom is 0.311 e. The van der Waals surface area contributed by atoms with E-state index in [1.165, 1.54) is 12.8 Å². The van der Waals surface area contributed by atoms with Crippen molar-refractivity contribution in [1.29, 1.82) is 0 Å². The summed E-state index contributed by atoms with van der Waals surface area (Å²) in [6.45, 7) is 0. The number of aliphatic carboxylic acids is 1. The van der Waals surface area contributed by atoms with E-state index in [0.717, 1.165) is 18.5 Å². The smallest absolute Gasteiger partial charge is 0.311 e. The standard InChI is InChI=1S/C10H13N3O2/c14-10(15)5-9-12-8(6-11-13-9)7-3-1-2-4-7/h6-7H,1-5H2,(H,14,15). The van der Waals surface area contributed by atoms with Crippen LogP contribution in [0.15, 0.2) is 6.20 Å². The molecule has 1 aliphatic carbocycles. The maximum atomic E-state index is 10.5. The highest BCUT2D eigenvalue weighted by Gasteiger charge is 2.19. The van der Waals surface area contributed by atoms with Crippen molar-refractivity contribution in [3.8, 4) is 0 Å². The number of hydrogen-bond donors (Lipinski definition) is 1. The third-order valence-corrected chi connectivity index (χ3v) is 2.70. The van der Waals surface area contributed by atoms with Gasteiger partial charge in [0, 0.05) is 5.92 Å². The molecule has 2 rings (SSSR count). The second-order valence-electron chi connectivity index (χ2n) is 3.85. The molecule has 1 aromatic rings. The van der Waals surface area contributed by atoms with Gasteiger partial charge in [0.05, 0.1) is 11.9 Å². The molecule has 0 spiro atoms. The Morgan fingerprint density at radius 3 is 2.87 bits per heavy atom. The second kappa shape index (κ2) is 4.33. The Morgan fingerprint density at radius 2 is 2.20 bits per heavy atom. The first-order valence-corrected chi connectivity index (χ1v) is 5.16. The van der Waals surface area contributed by atoms with Gasteiger partial charge in [-0.25, -0.2) is 4.98 Å². The lowest BCUT2D eigenvalue weighted by Crippen LogP contribution is -2.09. The zero-order chi connectivity index (χ0) is 10.7. The van der Waals surface area contributed by atoms with E-state index >= 15 is 0 Å². The van der Waals surface area contributed by atoms with Crippen molar-refractivity contribution in [3.05, 3.63) is 17.7 Å². The predicted molar refractivity (Wildman–Crippen MR) is 52.4 cm³/mol. The lowest BCUT2D eigenvalue weighted by molar-refractivity contribution is -0.136. The number of carbonyl (C=O) groups is 1. The normalized spacial score (nSPS) is 16.8. The molecule has 1 N–H and O–H groups in total. The maximum absolute atomic E-state index is 10.5. The molecule has 80 valence electrons. The molecule has 0 saturated heterocycles. The minimum absolute atomic E-state index is 0.145. The Labute approximate surface area is 87.6 Å². The summed E-state index contributed by atoms with van der Waals surface area (Å²) in [6.07, 6.45) is 6.22. The molecule has 1 heterocycles. The van der Waals surface area contributed by atoms with Crippen molar-refractivity contribution in [3.63, 3.8) is 0 Å². The van der Waals surface area contributed by atoms with Gasteiger partial charge in [0.2, 0.25) is 0 Å². The molecular formula is C10H13N3O2. The van der Waals surface area contributed by atoms with E-state index < -0.39 is 5.97 Å². The van der Waals surface area contributed by atoms with E-state index in [-0.39, 0.29) is 6.42 Å². The van der Waals surface area contributed by atoms with Gasteiger partial charge in [-0.1, -0.05) is 12.8 Å². The van der Waals surface area contributed by atoms with Crippen molar-refractivity contribution >= 4 is 5.97 Å². The van der Waals surface area contributed by atoms with Crippen LogP contribution in [0, 0.1) is 0 Å². The molecular weight excluding hydrogens is 194 g/mol. The summed E-state index contributed by atoms with van der Waals surface area (Å²) >= 11 is 0. The van der Waals surface area contributed by atoms with Crippen LogP contribution in [-0.2, 0) is 11.2 Å². The Morgan fingerprint density at radius 1 is 1.47 bits per heavy atom. The summed E-state index contributed by atoms with van der Waals surface area (Å²) in [5.41, 5.74) is 0.902. The van der Waals surface area contributed by atoms with Crippen molar-refractivity contribution in [2.75, 3.05) is 0 Å². The molecule has 1 aromatic heterocycles. The van der Waals surface area contributed by atoms with E-state index in [4.69, 9.17) is 5.11 Å². The monoisotopic (exact) mass is 207 g/mol. The van der Waals surface area contributed by atoms with Gasteiger partial charge < -0.3 is 5.11 Å². The fourth-order valence-corrected chi connectivity index (χ4v) is 1.98. The third-order valence-electron chi connectivity index (χ3n) is 2.70. The zero-order valence-corrected chi connectivity index (χ0v) is 8.39. The quantitative estimate of drug-likeness (QED) is 0.804. The summed E-state index contributed by atoms with van der Waals surface area (Å²) in [4.78, 5) is 14.7. The first-order valence-electron chi connectivity index (χ1n) is 5.16. The van der Waals surface area contributed by atoms with Crippen molar-refractivity contribution in [2.24, 2.45) is 0 Å². The minimum Gasteiger partial charge on any atom is -0.481 e. The predicted octanol–water partition coefficient (Wildman–Crippen LogP) is 1.16. The number of aromatic nitrogens is 3. The van der Waals surface area contributed by atoms with Crippen LogP contribution < -0.4 is 0 Å². The molecule has 0 amide bonds. The Bertz CT molecular complexity index is 361. The molecule has 1 saturated carbocycles. The first-order chi connectivity index (χ1) is 7.25. The van der Waals surface area contributed by atoms with Gasteiger partial charge in [0.15, 0.2) is 5.82 Å². The van der Waals surface area contributed by atoms with Crippen LogP contribution in [0.1, 0.15) is 43.1 Å². The molecule has 5 heteroatoms. The Kier molecular flexibility index (Phi) is 2.89. The molecule has 0 aliphatic heterocycles. The highest BCUT2D eigenvalue weighted by Crippen LogP contribution is 2.32. The molecule has 0 radical (unpaired) electrons. The fraction of sp³-hybridized carbons (Fsp3) is 0.600. The fourth-order valence-electron chi connectivity index (χ4n) is 1.98. The van der Waals surface area contributed by atoms with Gasteiger partial charge in [-0.2, -0.15) is 5.10 Å². The molecule has 0 atom stereocenters. The van der Waals surface area contributed by atoms with E-state index in [1.807, 2.05) is 0 Å². The average Bonchev–Trinajstić information content (AvgIpc) is 2.69. The highest BCUT2D eigenvalue weighted by atomic mass is 16.4. The molecule has 0 unspecified atom stereocenters. The lowest BCUT2D eigenvalue weighted by atomic mass is 10.1. The SMILES string of the molecule is O=C(O)Cc1nncc(C2CCCC2)n1. The average molecular weight is 207 g/mol. The van der Waals surface area contributed by atoms with Crippen LogP contribution in [0.5, 0.6) is 0 Å². The first kappa shape index (κ1) is 10.0. The largest absolute Gasteiger partial charge is 0.481 e. The van der Waals surface area contributed by atoms with E-state index in [1.54, 1.807) is 6.20 Å². The van der Waals surface area contributed by atoms with Crippen LogP contribution >= 0.6 is 0 Å². The van der Waals surface area contributed by atoms with Crippen LogP contribution in [0.4, 0.5) is 0 Å². The van der Waals surface area contributed by atoms with Crippen molar-refractivity contribution < 1.29 is 9.90 Å². The van der Waals surface area contributed by atoms with Gasteiger partial charge >= 0.3 is 5.97 Å². The lowest BCUT2D eigenvalue weighted by Gasteiger charge is -2.07. The van der Waals surface area contributed by atoms with Crippen LogP contribution in [0.3, 0.4) is 0 Å². The topological polar surface area (TPSA) is 76.0 Å². The Hall–Kier alpha value is -1.52. The molecule has 5 nitrogen and oxygen atoms in total. The number of nitrogens with zero attached hydrogens (tertiary/aromatic N) is 3. The van der Waals surface area contributed by atoms with Crippen LogP contribution in [-0.4, -0.2) is 26.3 Å². The second-order valence-corrected chi connectivity index (χ2v) is 3.85. The number of rotatable bonds is 3. The van der Waals surface area contributed by atoms with Crippen molar-refractivity contribution in [2.45, 2.75) is 38.0 Å². The Balaban J connectivity index is 2.14. The molecule has 1 aliphatic rings. The van der Waals surface area contributed by atoms with Crippen LogP contribution in [0.2, 0.25) is 0 Å². The molecule has 0 bridgehead atoms. The summed E-state index contributed by atoms with van der Waals surface area (Å²) in [5, 5.41) is 16.1. The number of hydrogen-bond acceptors (Lipinski definition) is 4. The zero-order valence-electron chi connectivity index (χ0n) is 8.39. The van der Waals surface area contributed by atoms with Gasteiger partial charge in [-0.3, -0.25) is 4.79 Å².